The van der Waals surface area contributed by atoms with Crippen molar-refractivity contribution in [1.29, 1.82) is 0 Å². The molecule has 4 atom stereocenters. The first-order chi connectivity index (χ1) is 31.3. The standard InChI is InChI=1S/C48H51FN6O10/c1-32(2)43(53-48(62)64-31-36-18-10-5-11-19-36)45(59)54-55(28-34-21-23-37(49)24-22-34)29-41(65-46(60)38-20-12-13-25-50-38)39(26-33-14-6-3-7-15-33)51-44(58)40(27-42(56)57)52-47(61)63-30-35-16-8-4-9-17-35/h3-25,32,39-41,43H,26-31H2,1-2H3,(H,51,58)(H,52,61)(H,53,62)(H,54,59)(H,56,57)/t39-,40-,41-,43-/m0/s1. The van der Waals surface area contributed by atoms with Gasteiger partial charge in [0.25, 0.3) is 5.91 Å². The Hall–Kier alpha value is -7.66. The Kier molecular flexibility index (Phi) is 18.5. The number of esters is 1. The molecule has 17 heteroatoms. The summed E-state index contributed by atoms with van der Waals surface area (Å²) in [5.74, 6) is -4.91. The van der Waals surface area contributed by atoms with E-state index in [2.05, 4.69) is 26.4 Å². The molecular weight excluding hydrogens is 840 g/mol. The lowest BCUT2D eigenvalue weighted by molar-refractivity contribution is -0.140. The van der Waals surface area contributed by atoms with Crippen LogP contribution < -0.4 is 21.4 Å². The fraction of sp³-hybridized carbons (Fsp3) is 0.271. The quantitative estimate of drug-likeness (QED) is 0.0320. The molecule has 0 saturated carbocycles. The molecule has 0 radical (unpaired) electrons. The number of nitrogens with zero attached hydrogens (tertiary/aromatic N) is 2. The zero-order valence-electron chi connectivity index (χ0n) is 35.8. The van der Waals surface area contributed by atoms with Crippen molar-refractivity contribution >= 4 is 35.9 Å². The van der Waals surface area contributed by atoms with Crippen molar-refractivity contribution < 1.29 is 52.5 Å². The predicted molar refractivity (Wildman–Crippen MR) is 235 cm³/mol. The molecule has 0 bridgehead atoms. The molecule has 340 valence electrons. The minimum Gasteiger partial charge on any atom is -0.481 e. The number of aliphatic carboxylic acids is 1. The Morgan fingerprint density at radius 2 is 1.22 bits per heavy atom. The number of nitrogens with one attached hydrogen (secondary N) is 4. The van der Waals surface area contributed by atoms with Crippen LogP contribution in [-0.4, -0.2) is 81.8 Å². The molecule has 65 heavy (non-hydrogen) atoms. The number of carboxylic acid groups (broad SMARTS) is 1. The van der Waals surface area contributed by atoms with Crippen LogP contribution in [0.1, 0.15) is 53.0 Å². The Labute approximate surface area is 375 Å². The summed E-state index contributed by atoms with van der Waals surface area (Å²) in [6.45, 7) is 2.77. The summed E-state index contributed by atoms with van der Waals surface area (Å²) in [4.78, 5) is 84.3. The van der Waals surface area contributed by atoms with Gasteiger partial charge in [-0.25, -0.2) is 28.8 Å². The molecular formula is C48H51FN6O10. The third-order valence-electron chi connectivity index (χ3n) is 9.80. The molecule has 0 spiro atoms. The van der Waals surface area contributed by atoms with Gasteiger partial charge in [-0.15, -0.1) is 0 Å². The lowest BCUT2D eigenvalue weighted by Gasteiger charge is -2.34. The van der Waals surface area contributed by atoms with Crippen molar-refractivity contribution in [3.05, 3.63) is 173 Å². The summed E-state index contributed by atoms with van der Waals surface area (Å²) in [6, 6.07) is 32.6. The summed E-state index contributed by atoms with van der Waals surface area (Å²) in [5.41, 5.74) is 5.29. The number of carbonyl (C=O) groups excluding carboxylic acids is 5. The molecule has 4 aromatic carbocycles. The molecule has 0 aliphatic rings. The van der Waals surface area contributed by atoms with E-state index >= 15 is 0 Å². The Bertz CT molecular complexity index is 2310. The minimum atomic E-state index is -1.66. The van der Waals surface area contributed by atoms with Gasteiger partial charge in [0.1, 0.15) is 42.9 Å². The normalized spacial score (nSPS) is 12.8. The highest BCUT2D eigenvalue weighted by Gasteiger charge is 2.35. The van der Waals surface area contributed by atoms with Crippen molar-refractivity contribution in [3.63, 3.8) is 0 Å². The highest BCUT2D eigenvalue weighted by atomic mass is 19.1. The van der Waals surface area contributed by atoms with Gasteiger partial charge >= 0.3 is 24.1 Å². The summed E-state index contributed by atoms with van der Waals surface area (Å²) < 4.78 is 30.9. The zero-order valence-corrected chi connectivity index (χ0v) is 35.8. The van der Waals surface area contributed by atoms with Crippen molar-refractivity contribution in [2.75, 3.05) is 6.54 Å². The second-order valence-corrected chi connectivity index (χ2v) is 15.2. The molecule has 5 N–H and O–H groups in total. The molecule has 4 amide bonds. The van der Waals surface area contributed by atoms with Gasteiger partial charge in [0, 0.05) is 12.7 Å². The van der Waals surface area contributed by atoms with Crippen LogP contribution in [0.5, 0.6) is 0 Å². The van der Waals surface area contributed by atoms with Gasteiger partial charge < -0.3 is 35.3 Å². The van der Waals surface area contributed by atoms with Gasteiger partial charge in [0.15, 0.2) is 0 Å². The lowest BCUT2D eigenvalue weighted by atomic mass is 9.99. The van der Waals surface area contributed by atoms with Crippen LogP contribution in [0.3, 0.4) is 0 Å². The van der Waals surface area contributed by atoms with Crippen LogP contribution in [0.15, 0.2) is 140 Å². The Morgan fingerprint density at radius 1 is 0.662 bits per heavy atom. The number of aromatic nitrogens is 1. The lowest BCUT2D eigenvalue weighted by Crippen LogP contribution is -2.59. The average molecular weight is 891 g/mol. The van der Waals surface area contributed by atoms with E-state index in [-0.39, 0.29) is 38.4 Å². The maximum atomic E-state index is 14.2. The monoisotopic (exact) mass is 890 g/mol. The van der Waals surface area contributed by atoms with Crippen molar-refractivity contribution in [3.8, 4) is 0 Å². The van der Waals surface area contributed by atoms with Gasteiger partial charge in [0.2, 0.25) is 5.91 Å². The average Bonchev–Trinajstić information content (AvgIpc) is 3.30. The van der Waals surface area contributed by atoms with Crippen LogP contribution in [0.25, 0.3) is 0 Å². The number of benzene rings is 4. The Balaban J connectivity index is 1.46. The zero-order chi connectivity index (χ0) is 46.6. The maximum absolute atomic E-state index is 14.2. The third-order valence-corrected chi connectivity index (χ3v) is 9.80. The highest BCUT2D eigenvalue weighted by Crippen LogP contribution is 2.17. The number of rotatable bonds is 22. The van der Waals surface area contributed by atoms with E-state index < -0.39 is 78.3 Å². The number of alkyl carbamates (subject to hydrolysis) is 2. The molecule has 0 saturated heterocycles. The van der Waals surface area contributed by atoms with Crippen LogP contribution in [0.4, 0.5) is 14.0 Å². The smallest absolute Gasteiger partial charge is 0.408 e. The largest absolute Gasteiger partial charge is 0.481 e. The highest BCUT2D eigenvalue weighted by molar-refractivity contribution is 5.90. The first kappa shape index (κ1) is 48.4. The molecule has 16 nitrogen and oxygen atoms in total. The number of amides is 4. The van der Waals surface area contributed by atoms with Crippen LogP contribution >= 0.6 is 0 Å². The number of carboxylic acids is 1. The molecule has 0 unspecified atom stereocenters. The van der Waals surface area contributed by atoms with Crippen molar-refractivity contribution in [1.82, 2.24) is 31.4 Å². The number of hydrogen-bond donors (Lipinski definition) is 5. The van der Waals surface area contributed by atoms with Crippen molar-refractivity contribution in [2.45, 2.75) is 70.7 Å². The van der Waals surface area contributed by atoms with Crippen LogP contribution in [0, 0.1) is 11.7 Å². The van der Waals surface area contributed by atoms with Crippen LogP contribution in [-0.2, 0) is 54.8 Å². The number of ether oxygens (including phenoxy) is 3. The first-order valence-electron chi connectivity index (χ1n) is 20.7. The predicted octanol–water partition coefficient (Wildman–Crippen LogP) is 5.73. The molecule has 5 rings (SSSR count). The Morgan fingerprint density at radius 3 is 1.75 bits per heavy atom. The van der Waals surface area contributed by atoms with Gasteiger partial charge in [-0.05, 0) is 58.9 Å². The van der Waals surface area contributed by atoms with Gasteiger partial charge in [-0.1, -0.05) is 123 Å². The topological polar surface area (TPSA) is 215 Å². The second kappa shape index (κ2) is 24.8. The number of carbonyl (C=O) groups is 6. The van der Waals surface area contributed by atoms with Gasteiger partial charge in [0.05, 0.1) is 19.0 Å². The molecule has 0 aliphatic carbocycles. The van der Waals surface area contributed by atoms with E-state index in [1.807, 2.05) is 6.07 Å². The third kappa shape index (κ3) is 16.5. The molecule has 1 heterocycles. The molecule has 5 aromatic rings. The molecule has 1 aromatic heterocycles. The number of hydrogen-bond acceptors (Lipinski definition) is 11. The number of hydrazine groups is 1. The minimum absolute atomic E-state index is 0.00719. The van der Waals surface area contributed by atoms with E-state index in [9.17, 15) is 38.3 Å². The summed E-state index contributed by atoms with van der Waals surface area (Å²) >= 11 is 0. The first-order valence-corrected chi connectivity index (χ1v) is 20.7. The fourth-order valence-electron chi connectivity index (χ4n) is 6.47. The fourth-order valence-corrected chi connectivity index (χ4v) is 6.47. The summed E-state index contributed by atoms with van der Waals surface area (Å²) in [6.07, 6.45) is -2.72. The molecule has 0 aliphatic heterocycles. The van der Waals surface area contributed by atoms with E-state index in [0.29, 0.717) is 16.7 Å². The maximum Gasteiger partial charge on any atom is 0.408 e. The SMILES string of the molecule is CC(C)[C@H](NC(=O)OCc1ccccc1)C(=O)NN(Cc1ccc(F)cc1)C[C@H](OC(=O)c1ccccn1)[C@H](Cc1ccccc1)NC(=O)[C@H](CC(=O)O)NC(=O)OCc1ccccc1. The number of pyridine rings is 1. The van der Waals surface area contributed by atoms with Gasteiger partial charge in [-0.3, -0.25) is 19.8 Å². The molecule has 0 fully saturated rings. The van der Waals surface area contributed by atoms with Crippen molar-refractivity contribution in [2.24, 2.45) is 5.92 Å². The van der Waals surface area contributed by atoms with E-state index in [4.69, 9.17) is 14.2 Å². The van der Waals surface area contributed by atoms with E-state index in [1.165, 1.54) is 41.5 Å². The van der Waals surface area contributed by atoms with Gasteiger partial charge in [-0.2, -0.15) is 0 Å². The summed E-state index contributed by atoms with van der Waals surface area (Å²) in [7, 11) is 0. The summed E-state index contributed by atoms with van der Waals surface area (Å²) in [5, 5.41) is 18.9. The van der Waals surface area contributed by atoms with E-state index in [0.717, 1.165) is 5.56 Å². The number of halogens is 1. The second-order valence-electron chi connectivity index (χ2n) is 15.2. The van der Waals surface area contributed by atoms with Crippen LogP contribution in [0.2, 0.25) is 0 Å². The van der Waals surface area contributed by atoms with E-state index in [1.54, 1.807) is 111 Å².